The van der Waals surface area contributed by atoms with E-state index in [4.69, 9.17) is 9.97 Å². The second-order valence-electron chi connectivity index (χ2n) is 10.2. The summed E-state index contributed by atoms with van der Waals surface area (Å²) in [5, 5.41) is 4.78. The van der Waals surface area contributed by atoms with E-state index in [-0.39, 0.29) is 0 Å². The van der Waals surface area contributed by atoms with Crippen LogP contribution >= 0.6 is 63.9 Å². The van der Waals surface area contributed by atoms with Crippen LogP contribution in [0.5, 0.6) is 0 Å². The highest BCUT2D eigenvalue weighted by Gasteiger charge is 2.22. The van der Waals surface area contributed by atoms with Crippen LogP contribution < -0.4 is 0 Å². The molecule has 8 heteroatoms. The van der Waals surface area contributed by atoms with Gasteiger partial charge >= 0.3 is 0 Å². The lowest BCUT2D eigenvalue weighted by Gasteiger charge is -2.09. The summed E-state index contributed by atoms with van der Waals surface area (Å²) >= 11 is 15.6. The van der Waals surface area contributed by atoms with Gasteiger partial charge in [0.25, 0.3) is 0 Å². The summed E-state index contributed by atoms with van der Waals surface area (Å²) in [6, 6.07) is 29.8. The van der Waals surface area contributed by atoms with E-state index in [1.165, 1.54) is 21.5 Å². The lowest BCUT2D eigenvalue weighted by Crippen LogP contribution is -1.85. The van der Waals surface area contributed by atoms with E-state index >= 15 is 0 Å². The Balaban J connectivity index is 1.54. The smallest absolute Gasteiger partial charge is 0.0943 e. The van der Waals surface area contributed by atoms with E-state index in [0.29, 0.717) is 0 Å². The molecule has 0 radical (unpaired) electrons. The number of halogens is 4. The molecule has 3 aromatic carbocycles. The van der Waals surface area contributed by atoms with Crippen molar-refractivity contribution in [2.45, 2.75) is 0 Å². The Labute approximate surface area is 274 Å². The average molecular weight is 802 g/mol. The molecular formula is C34H18Br4N4. The zero-order valence-electron chi connectivity index (χ0n) is 21.7. The number of hydrogen-bond acceptors (Lipinski definition) is 2. The lowest BCUT2D eigenvalue weighted by molar-refractivity contribution is 1.29. The number of hydrogen-bond donors (Lipinski definition) is 1. The fourth-order valence-corrected chi connectivity index (χ4v) is 9.29. The molecule has 6 aromatic rings. The highest BCUT2D eigenvalue weighted by Crippen LogP contribution is 2.46. The molecule has 5 heterocycles. The van der Waals surface area contributed by atoms with Crippen molar-refractivity contribution < 1.29 is 0 Å². The largest absolute Gasteiger partial charge is 0.355 e. The highest BCUT2D eigenvalue weighted by atomic mass is 79.9. The highest BCUT2D eigenvalue weighted by molar-refractivity contribution is 9.15. The van der Waals surface area contributed by atoms with Crippen molar-refractivity contribution in [1.29, 1.82) is 0 Å². The molecule has 0 spiro atoms. The summed E-state index contributed by atoms with van der Waals surface area (Å²) in [7, 11) is 0. The Morgan fingerprint density at radius 2 is 1.33 bits per heavy atom. The Morgan fingerprint density at radius 1 is 0.643 bits per heavy atom. The van der Waals surface area contributed by atoms with Crippen LogP contribution in [0.1, 0.15) is 22.8 Å². The van der Waals surface area contributed by atoms with Gasteiger partial charge in [0.15, 0.2) is 0 Å². The van der Waals surface area contributed by atoms with Crippen LogP contribution in [0.25, 0.3) is 77.4 Å². The van der Waals surface area contributed by atoms with Crippen LogP contribution in [0, 0.1) is 0 Å². The zero-order valence-corrected chi connectivity index (χ0v) is 28.0. The number of aromatic nitrogens is 4. The molecule has 0 saturated heterocycles. The van der Waals surface area contributed by atoms with E-state index in [9.17, 15) is 0 Å². The average Bonchev–Trinajstić information content (AvgIpc) is 3.75. The van der Waals surface area contributed by atoms with E-state index < -0.39 is 0 Å². The minimum Gasteiger partial charge on any atom is -0.355 e. The molecule has 0 aliphatic carbocycles. The molecule has 202 valence electrons. The molecule has 0 unspecified atom stereocenters. The Hall–Kier alpha value is -3.30. The Morgan fingerprint density at radius 3 is 2.12 bits per heavy atom. The first-order valence-electron chi connectivity index (χ1n) is 13.2. The van der Waals surface area contributed by atoms with Crippen LogP contribution in [0.4, 0.5) is 0 Å². The molecule has 1 N–H and O–H groups in total. The van der Waals surface area contributed by atoms with E-state index in [2.05, 4.69) is 142 Å². The van der Waals surface area contributed by atoms with Gasteiger partial charge < -0.3 is 4.98 Å². The van der Waals surface area contributed by atoms with Gasteiger partial charge in [-0.3, -0.25) is 3.59 Å². The second kappa shape index (κ2) is 10.2. The number of nitrogens with one attached hydrogen (secondary N) is 1. The van der Waals surface area contributed by atoms with Gasteiger partial charge in [-0.05, 0) is 136 Å². The maximum Gasteiger partial charge on any atom is 0.0943 e. The van der Waals surface area contributed by atoms with Gasteiger partial charge in [0.05, 0.1) is 58.9 Å². The minimum absolute atomic E-state index is 0.807. The van der Waals surface area contributed by atoms with Gasteiger partial charge in [0.2, 0.25) is 0 Å². The number of rotatable bonds is 1. The number of nitrogens with zero attached hydrogens (tertiary/aromatic N) is 3. The van der Waals surface area contributed by atoms with Gasteiger partial charge in [-0.2, -0.15) is 0 Å². The molecular weight excluding hydrogens is 784 g/mol. The van der Waals surface area contributed by atoms with Crippen LogP contribution in [0.15, 0.2) is 93.9 Å². The van der Waals surface area contributed by atoms with Gasteiger partial charge in [-0.1, -0.05) is 42.5 Å². The van der Waals surface area contributed by atoms with Crippen LogP contribution in [-0.2, 0) is 0 Å². The van der Waals surface area contributed by atoms with Crippen LogP contribution in [0.3, 0.4) is 0 Å². The molecule has 8 bridgehead atoms. The Kier molecular flexibility index (Phi) is 6.37. The third kappa shape index (κ3) is 4.35. The van der Waals surface area contributed by atoms with Crippen molar-refractivity contribution in [3.05, 3.63) is 117 Å². The number of benzene rings is 3. The van der Waals surface area contributed by atoms with Gasteiger partial charge in [0.1, 0.15) is 0 Å². The first-order chi connectivity index (χ1) is 20.4. The molecule has 0 amide bonds. The molecule has 3 aromatic heterocycles. The Bertz CT molecular complexity index is 2360. The fourth-order valence-electron chi connectivity index (χ4n) is 5.65. The molecule has 2 aliphatic rings. The zero-order chi connectivity index (χ0) is 28.5. The van der Waals surface area contributed by atoms with Gasteiger partial charge in [-0.15, -0.1) is 0 Å². The van der Waals surface area contributed by atoms with Crippen molar-refractivity contribution in [3.8, 4) is 11.1 Å². The second-order valence-corrected chi connectivity index (χ2v) is 13.4. The topological polar surface area (TPSA) is 46.5 Å². The third-order valence-corrected chi connectivity index (χ3v) is 10.4. The summed E-state index contributed by atoms with van der Waals surface area (Å²) in [4.78, 5) is 13.4. The van der Waals surface area contributed by atoms with Gasteiger partial charge in [0, 0.05) is 21.1 Å². The van der Waals surface area contributed by atoms with Crippen LogP contribution in [-0.4, -0.2) is 18.5 Å². The normalized spacial score (nSPS) is 12.8. The van der Waals surface area contributed by atoms with Crippen molar-refractivity contribution in [1.82, 2.24) is 18.5 Å². The molecule has 0 fully saturated rings. The van der Waals surface area contributed by atoms with E-state index in [1.807, 2.05) is 34.0 Å². The molecule has 0 saturated carbocycles. The molecule has 8 rings (SSSR count). The molecule has 2 aliphatic heterocycles. The molecule has 42 heavy (non-hydrogen) atoms. The fraction of sp³-hybridized carbons (Fsp3) is 0. The van der Waals surface area contributed by atoms with Crippen molar-refractivity contribution >= 4 is 130 Å². The maximum absolute atomic E-state index is 4.97. The summed E-state index contributed by atoms with van der Waals surface area (Å²) < 4.78 is 4.71. The first-order valence-corrected chi connectivity index (χ1v) is 16.3. The monoisotopic (exact) mass is 798 g/mol. The standard InChI is InChI=1S/C34H18Br4N4/c35-28-16-25-15-23-9-8-21(39-23)14-22-10-11-24(40-22)17-29-30(31(36)34(42(29)38)32(37)33(28)41-25)26-7-3-6-20-12-18-4-1-2-5-19(18)13-27(20)26/h1-17,39H. The minimum atomic E-state index is 0.807. The predicted molar refractivity (Wildman–Crippen MR) is 191 cm³/mol. The number of fused-ring (bicyclic) bond motifs is 10. The quantitative estimate of drug-likeness (QED) is 0.168. The van der Waals surface area contributed by atoms with Crippen molar-refractivity contribution in [3.63, 3.8) is 0 Å². The molecule has 0 atom stereocenters. The maximum atomic E-state index is 4.97. The van der Waals surface area contributed by atoms with Crippen molar-refractivity contribution in [2.75, 3.05) is 0 Å². The van der Waals surface area contributed by atoms with E-state index in [0.717, 1.165) is 69.4 Å². The number of aromatic amines is 1. The van der Waals surface area contributed by atoms with E-state index in [1.54, 1.807) is 0 Å². The summed E-state index contributed by atoms with van der Waals surface area (Å²) in [6.07, 6.45) is 6.12. The lowest BCUT2D eigenvalue weighted by atomic mass is 9.96. The predicted octanol–water partition coefficient (Wildman–Crippen LogP) is 11.5. The van der Waals surface area contributed by atoms with Crippen molar-refractivity contribution in [2.24, 2.45) is 0 Å². The number of H-pyrrole nitrogens is 1. The summed E-state index contributed by atoms with van der Waals surface area (Å²) in [6.45, 7) is 0. The first kappa shape index (κ1) is 26.3. The SMILES string of the molecule is BrC1=Cc2cc3ccc(cc4nc(cc5c(-c6cccc7cc8ccccc8cc67)c(Br)c(c(Br)c1n2)n5Br)C=C4)[nH]3. The summed E-state index contributed by atoms with van der Waals surface area (Å²) in [5.41, 5.74) is 9.40. The third-order valence-electron chi connectivity index (χ3n) is 7.57. The van der Waals surface area contributed by atoms with Crippen LogP contribution in [0.2, 0.25) is 0 Å². The van der Waals surface area contributed by atoms with Gasteiger partial charge in [-0.25, -0.2) is 9.97 Å². The summed E-state index contributed by atoms with van der Waals surface area (Å²) in [5.74, 6) is 0. The molecule has 4 nitrogen and oxygen atoms in total.